The molecule has 25 heavy (non-hydrogen) atoms. The van der Waals surface area contributed by atoms with E-state index in [4.69, 9.17) is 11.6 Å². The molecule has 2 aliphatic rings. The Labute approximate surface area is 152 Å². The summed E-state index contributed by atoms with van der Waals surface area (Å²) in [6, 6.07) is 5.28. The lowest BCUT2D eigenvalue weighted by Crippen LogP contribution is -2.63. The van der Waals surface area contributed by atoms with Crippen LogP contribution in [0.25, 0.3) is 0 Å². The molecule has 0 aromatic heterocycles. The van der Waals surface area contributed by atoms with E-state index in [0.717, 1.165) is 5.56 Å². The van der Waals surface area contributed by atoms with Crippen molar-refractivity contribution in [2.45, 2.75) is 47.0 Å². The number of benzene rings is 1. The number of anilines is 1. The highest BCUT2D eigenvalue weighted by molar-refractivity contribution is 6.30. The number of piperidine rings is 1. The van der Waals surface area contributed by atoms with E-state index >= 15 is 0 Å². The standard InChI is InChI=1S/C19H23ClN2O3/c1-11-7-12(20)5-6-13(11)21-14(23)17(2)8-18(3)10-19(4,9-17)16(25)22-15(18)24/h5-7H,8-10H2,1-4H3,(H,21,23)(H,22,24,25). The van der Waals surface area contributed by atoms with Gasteiger partial charge in [0.2, 0.25) is 17.7 Å². The smallest absolute Gasteiger partial charge is 0.232 e. The minimum absolute atomic E-state index is 0.169. The Kier molecular flexibility index (Phi) is 3.99. The second-order valence-corrected chi connectivity index (χ2v) is 8.85. The first-order chi connectivity index (χ1) is 11.5. The molecule has 3 rings (SSSR count). The van der Waals surface area contributed by atoms with Crippen molar-refractivity contribution in [3.05, 3.63) is 28.8 Å². The average molecular weight is 363 g/mol. The minimum Gasteiger partial charge on any atom is -0.325 e. The second-order valence-electron chi connectivity index (χ2n) is 8.41. The van der Waals surface area contributed by atoms with Crippen LogP contribution in [-0.2, 0) is 14.4 Å². The van der Waals surface area contributed by atoms with Crippen LogP contribution in [0.15, 0.2) is 18.2 Å². The maximum Gasteiger partial charge on any atom is 0.232 e. The van der Waals surface area contributed by atoms with Gasteiger partial charge in [-0.25, -0.2) is 0 Å². The van der Waals surface area contributed by atoms with Gasteiger partial charge in [0, 0.05) is 27.0 Å². The van der Waals surface area contributed by atoms with Crippen molar-refractivity contribution < 1.29 is 14.4 Å². The molecule has 0 spiro atoms. The summed E-state index contributed by atoms with van der Waals surface area (Å²) in [6.45, 7) is 7.39. The van der Waals surface area contributed by atoms with Gasteiger partial charge in [-0.15, -0.1) is 0 Å². The summed E-state index contributed by atoms with van der Waals surface area (Å²) in [5.41, 5.74) is -0.685. The number of fused-ring (bicyclic) bond motifs is 2. The van der Waals surface area contributed by atoms with E-state index in [-0.39, 0.29) is 17.7 Å². The number of hydrogen-bond donors (Lipinski definition) is 2. The van der Waals surface area contributed by atoms with Crippen molar-refractivity contribution >= 4 is 35.0 Å². The van der Waals surface area contributed by atoms with E-state index in [1.807, 2.05) is 27.7 Å². The molecule has 1 saturated carbocycles. The highest BCUT2D eigenvalue weighted by atomic mass is 35.5. The van der Waals surface area contributed by atoms with Crippen molar-refractivity contribution in [1.29, 1.82) is 0 Å². The lowest BCUT2D eigenvalue weighted by molar-refractivity contribution is -0.163. The van der Waals surface area contributed by atoms with Gasteiger partial charge in [-0.3, -0.25) is 19.7 Å². The Bertz CT molecular complexity index is 763. The Morgan fingerprint density at radius 2 is 1.64 bits per heavy atom. The third kappa shape index (κ3) is 2.95. The molecular weight excluding hydrogens is 340 g/mol. The Hall–Kier alpha value is -1.88. The fraction of sp³-hybridized carbons (Fsp3) is 0.526. The highest BCUT2D eigenvalue weighted by Crippen LogP contribution is 2.56. The lowest BCUT2D eigenvalue weighted by Gasteiger charge is -2.53. The topological polar surface area (TPSA) is 75.3 Å². The van der Waals surface area contributed by atoms with Crippen molar-refractivity contribution in [3.8, 4) is 0 Å². The van der Waals surface area contributed by atoms with Gasteiger partial charge in [0.05, 0.1) is 0 Å². The molecule has 0 radical (unpaired) electrons. The van der Waals surface area contributed by atoms with Crippen LogP contribution < -0.4 is 10.6 Å². The molecule has 3 amide bonds. The molecule has 1 aromatic carbocycles. The van der Waals surface area contributed by atoms with Crippen LogP contribution in [0, 0.1) is 23.2 Å². The summed E-state index contributed by atoms with van der Waals surface area (Å²) in [5.74, 6) is -0.731. The van der Waals surface area contributed by atoms with Crippen molar-refractivity contribution in [2.24, 2.45) is 16.2 Å². The Morgan fingerprint density at radius 1 is 1.08 bits per heavy atom. The van der Waals surface area contributed by atoms with Crippen molar-refractivity contribution in [3.63, 3.8) is 0 Å². The summed E-state index contributed by atoms with van der Waals surface area (Å²) in [7, 11) is 0. The van der Waals surface area contributed by atoms with E-state index in [0.29, 0.717) is 30.0 Å². The molecule has 1 aliphatic carbocycles. The van der Waals surface area contributed by atoms with Gasteiger partial charge in [0.15, 0.2) is 0 Å². The van der Waals surface area contributed by atoms with Crippen LogP contribution in [0.3, 0.4) is 0 Å². The van der Waals surface area contributed by atoms with Crippen LogP contribution in [-0.4, -0.2) is 17.7 Å². The summed E-state index contributed by atoms with van der Waals surface area (Å²) in [5, 5.41) is 6.05. The van der Waals surface area contributed by atoms with E-state index in [2.05, 4.69) is 10.6 Å². The van der Waals surface area contributed by atoms with Gasteiger partial charge in [-0.1, -0.05) is 32.4 Å². The number of imide groups is 1. The maximum atomic E-state index is 13.1. The Balaban J connectivity index is 1.91. The Morgan fingerprint density at radius 3 is 2.16 bits per heavy atom. The normalized spacial score (nSPS) is 34.4. The first kappa shape index (κ1) is 17.9. The quantitative estimate of drug-likeness (QED) is 0.791. The van der Waals surface area contributed by atoms with E-state index in [1.165, 1.54) is 0 Å². The van der Waals surface area contributed by atoms with Crippen molar-refractivity contribution in [2.75, 3.05) is 5.32 Å². The molecule has 2 bridgehead atoms. The van der Waals surface area contributed by atoms with Crippen LogP contribution in [0.5, 0.6) is 0 Å². The molecule has 5 nitrogen and oxygen atoms in total. The largest absolute Gasteiger partial charge is 0.325 e. The lowest BCUT2D eigenvalue weighted by atomic mass is 9.52. The van der Waals surface area contributed by atoms with Gasteiger partial charge in [0.1, 0.15) is 0 Å². The van der Waals surface area contributed by atoms with Crippen LogP contribution >= 0.6 is 11.6 Å². The van der Waals surface area contributed by atoms with E-state index in [1.54, 1.807) is 18.2 Å². The van der Waals surface area contributed by atoms with Gasteiger partial charge in [-0.2, -0.15) is 0 Å². The maximum absolute atomic E-state index is 13.1. The number of nitrogens with one attached hydrogen (secondary N) is 2. The zero-order valence-electron chi connectivity index (χ0n) is 15.0. The molecule has 2 fully saturated rings. The van der Waals surface area contributed by atoms with Gasteiger partial charge >= 0.3 is 0 Å². The summed E-state index contributed by atoms with van der Waals surface area (Å²) in [4.78, 5) is 37.8. The number of carbonyl (C=O) groups is 3. The number of amides is 3. The third-order valence-electron chi connectivity index (χ3n) is 5.65. The number of carbonyl (C=O) groups excluding carboxylic acids is 3. The van der Waals surface area contributed by atoms with Gasteiger partial charge in [-0.05, 0) is 49.9 Å². The predicted octanol–water partition coefficient (Wildman–Crippen LogP) is 3.45. The summed E-state index contributed by atoms with van der Waals surface area (Å²) in [6.07, 6.45) is 1.30. The highest BCUT2D eigenvalue weighted by Gasteiger charge is 2.60. The molecule has 1 saturated heterocycles. The average Bonchev–Trinajstić information content (AvgIpc) is 2.47. The molecule has 2 N–H and O–H groups in total. The molecule has 1 heterocycles. The van der Waals surface area contributed by atoms with Crippen LogP contribution in [0.1, 0.15) is 45.6 Å². The predicted molar refractivity (Wildman–Crippen MR) is 96.1 cm³/mol. The van der Waals surface area contributed by atoms with Crippen LogP contribution in [0.4, 0.5) is 5.69 Å². The summed E-state index contributed by atoms with van der Waals surface area (Å²) >= 11 is 5.97. The van der Waals surface area contributed by atoms with Gasteiger partial charge in [0.25, 0.3) is 0 Å². The summed E-state index contributed by atoms with van der Waals surface area (Å²) < 4.78 is 0. The number of hydrogen-bond acceptors (Lipinski definition) is 3. The van der Waals surface area contributed by atoms with Crippen molar-refractivity contribution in [1.82, 2.24) is 5.32 Å². The number of halogens is 1. The molecule has 2 atom stereocenters. The fourth-order valence-corrected chi connectivity index (χ4v) is 4.92. The molecule has 134 valence electrons. The molecule has 2 unspecified atom stereocenters. The van der Waals surface area contributed by atoms with Gasteiger partial charge < -0.3 is 5.32 Å². The first-order valence-corrected chi connectivity index (χ1v) is 8.79. The number of aryl methyl sites for hydroxylation is 1. The molecule has 1 aromatic rings. The molecular formula is C19H23ClN2O3. The monoisotopic (exact) mass is 362 g/mol. The first-order valence-electron chi connectivity index (χ1n) is 8.41. The van der Waals surface area contributed by atoms with E-state index in [9.17, 15) is 14.4 Å². The molecule has 1 aliphatic heterocycles. The van der Waals surface area contributed by atoms with E-state index < -0.39 is 16.2 Å². The van der Waals surface area contributed by atoms with Crippen LogP contribution in [0.2, 0.25) is 5.02 Å². The zero-order valence-corrected chi connectivity index (χ0v) is 15.7. The molecule has 6 heteroatoms. The zero-order chi connectivity index (χ0) is 18.6. The third-order valence-corrected chi connectivity index (χ3v) is 5.88. The number of rotatable bonds is 2. The fourth-order valence-electron chi connectivity index (χ4n) is 4.70. The SMILES string of the molecule is Cc1cc(Cl)ccc1NC(=O)C1(C)CC2(C)CC(C)(C1)C(=O)NC2=O. The second kappa shape index (κ2) is 5.56. The minimum atomic E-state index is -0.804.